The van der Waals surface area contributed by atoms with E-state index in [4.69, 9.17) is 10.5 Å². The third-order valence-electron chi connectivity index (χ3n) is 2.18. The van der Waals surface area contributed by atoms with Crippen molar-refractivity contribution in [1.29, 1.82) is 0 Å². The second-order valence-electron chi connectivity index (χ2n) is 3.10. The molecule has 0 aromatic carbocycles. The number of nitrogens with one attached hydrogen (secondary N) is 1. The number of hydrogen-bond donors (Lipinski definition) is 2. The Labute approximate surface area is 81.0 Å². The largest absolute Gasteiger partial charge is 0.396 e. The summed E-state index contributed by atoms with van der Waals surface area (Å²) >= 11 is 0. The zero-order valence-electron chi connectivity index (χ0n) is 7.69. The Morgan fingerprint density at radius 2 is 2.29 bits per heavy atom. The van der Waals surface area contributed by atoms with E-state index in [9.17, 15) is 4.79 Å². The molecule has 1 aromatic rings. The van der Waals surface area contributed by atoms with Crippen molar-refractivity contribution in [1.82, 2.24) is 15.1 Å². The number of rotatable bonds is 1. The highest BCUT2D eigenvalue weighted by Gasteiger charge is 2.21. The second-order valence-corrected chi connectivity index (χ2v) is 3.10. The van der Waals surface area contributed by atoms with Crippen LogP contribution in [0.15, 0.2) is 6.20 Å². The summed E-state index contributed by atoms with van der Waals surface area (Å²) in [4.78, 5) is 13.5. The Balaban J connectivity index is 2.11. The molecule has 2 rings (SSSR count). The molecule has 0 saturated carbocycles. The van der Waals surface area contributed by atoms with Gasteiger partial charge in [0.1, 0.15) is 5.69 Å². The van der Waals surface area contributed by atoms with Crippen LogP contribution in [0, 0.1) is 0 Å². The van der Waals surface area contributed by atoms with Gasteiger partial charge in [-0.1, -0.05) is 0 Å². The van der Waals surface area contributed by atoms with Crippen molar-refractivity contribution in [2.75, 3.05) is 32.0 Å². The molecule has 1 amide bonds. The number of carbonyl (C=O) groups is 1. The van der Waals surface area contributed by atoms with E-state index in [1.165, 1.54) is 6.20 Å². The molecule has 0 aliphatic carbocycles. The first kappa shape index (κ1) is 9.01. The number of amides is 1. The SMILES string of the molecule is Nc1cn[nH]c1C(=O)N1CCOCC1. The molecular formula is C8H12N4O2. The van der Waals surface area contributed by atoms with Crippen LogP contribution in [-0.4, -0.2) is 47.3 Å². The molecule has 0 atom stereocenters. The number of morpholine rings is 1. The Morgan fingerprint density at radius 3 is 2.86 bits per heavy atom. The highest BCUT2D eigenvalue weighted by atomic mass is 16.5. The van der Waals surface area contributed by atoms with E-state index < -0.39 is 0 Å². The summed E-state index contributed by atoms with van der Waals surface area (Å²) < 4.78 is 5.15. The van der Waals surface area contributed by atoms with Crippen molar-refractivity contribution in [3.8, 4) is 0 Å². The normalized spacial score (nSPS) is 17.0. The van der Waals surface area contributed by atoms with Gasteiger partial charge in [0, 0.05) is 13.1 Å². The van der Waals surface area contributed by atoms with Crippen LogP contribution in [-0.2, 0) is 4.74 Å². The minimum absolute atomic E-state index is 0.108. The number of H-pyrrole nitrogens is 1. The summed E-state index contributed by atoms with van der Waals surface area (Å²) in [6, 6.07) is 0. The molecule has 0 bridgehead atoms. The van der Waals surface area contributed by atoms with E-state index in [1.54, 1.807) is 4.90 Å². The maximum absolute atomic E-state index is 11.8. The molecule has 14 heavy (non-hydrogen) atoms. The van der Waals surface area contributed by atoms with E-state index in [2.05, 4.69) is 10.2 Å². The molecule has 1 aliphatic rings. The van der Waals surface area contributed by atoms with Crippen LogP contribution < -0.4 is 5.73 Å². The summed E-state index contributed by atoms with van der Waals surface area (Å²) in [5.41, 5.74) is 6.33. The summed E-state index contributed by atoms with van der Waals surface area (Å²) in [6.45, 7) is 2.38. The lowest BCUT2D eigenvalue weighted by atomic mass is 10.3. The Hall–Kier alpha value is -1.56. The third kappa shape index (κ3) is 1.56. The van der Waals surface area contributed by atoms with Gasteiger partial charge in [-0.15, -0.1) is 0 Å². The zero-order chi connectivity index (χ0) is 9.97. The van der Waals surface area contributed by atoms with Gasteiger partial charge >= 0.3 is 0 Å². The minimum Gasteiger partial charge on any atom is -0.396 e. The fourth-order valence-electron chi connectivity index (χ4n) is 1.39. The van der Waals surface area contributed by atoms with Crippen molar-refractivity contribution < 1.29 is 9.53 Å². The van der Waals surface area contributed by atoms with Crippen LogP contribution in [0.3, 0.4) is 0 Å². The van der Waals surface area contributed by atoms with E-state index in [0.29, 0.717) is 37.7 Å². The average molecular weight is 196 g/mol. The van der Waals surface area contributed by atoms with Crippen LogP contribution >= 0.6 is 0 Å². The second kappa shape index (κ2) is 3.67. The van der Waals surface area contributed by atoms with Crippen molar-refractivity contribution in [3.05, 3.63) is 11.9 Å². The molecule has 6 heteroatoms. The maximum atomic E-state index is 11.8. The van der Waals surface area contributed by atoms with Gasteiger partial charge in [0.15, 0.2) is 0 Å². The summed E-state index contributed by atoms with van der Waals surface area (Å²) in [5, 5.41) is 6.30. The van der Waals surface area contributed by atoms with Crippen LogP contribution in [0.4, 0.5) is 5.69 Å². The van der Waals surface area contributed by atoms with E-state index >= 15 is 0 Å². The lowest BCUT2D eigenvalue weighted by molar-refractivity contribution is 0.0299. The molecule has 1 aromatic heterocycles. The predicted octanol–water partition coefficient (Wildman–Crippen LogP) is -0.536. The van der Waals surface area contributed by atoms with E-state index in [-0.39, 0.29) is 5.91 Å². The van der Waals surface area contributed by atoms with Crippen molar-refractivity contribution >= 4 is 11.6 Å². The first-order valence-electron chi connectivity index (χ1n) is 4.45. The monoisotopic (exact) mass is 196 g/mol. The van der Waals surface area contributed by atoms with Crippen LogP contribution in [0.5, 0.6) is 0 Å². The van der Waals surface area contributed by atoms with Crippen molar-refractivity contribution in [3.63, 3.8) is 0 Å². The lowest BCUT2D eigenvalue weighted by Gasteiger charge is -2.26. The third-order valence-corrected chi connectivity index (χ3v) is 2.18. The lowest BCUT2D eigenvalue weighted by Crippen LogP contribution is -2.41. The minimum atomic E-state index is -0.108. The molecule has 0 radical (unpaired) electrons. The maximum Gasteiger partial charge on any atom is 0.274 e. The molecule has 76 valence electrons. The molecule has 2 heterocycles. The molecule has 1 saturated heterocycles. The van der Waals surface area contributed by atoms with Gasteiger partial charge in [-0.3, -0.25) is 9.89 Å². The van der Waals surface area contributed by atoms with E-state index in [1.807, 2.05) is 0 Å². The molecule has 0 unspecified atom stereocenters. The number of nitrogens with zero attached hydrogens (tertiary/aromatic N) is 2. The quantitative estimate of drug-likeness (QED) is 0.632. The van der Waals surface area contributed by atoms with Gasteiger partial charge in [0.25, 0.3) is 5.91 Å². The predicted molar refractivity (Wildman–Crippen MR) is 49.7 cm³/mol. The van der Waals surface area contributed by atoms with Gasteiger partial charge < -0.3 is 15.4 Å². The number of carbonyl (C=O) groups excluding carboxylic acids is 1. The highest BCUT2D eigenvalue weighted by Crippen LogP contribution is 2.10. The number of aromatic nitrogens is 2. The highest BCUT2D eigenvalue weighted by molar-refractivity contribution is 5.97. The number of nitrogen functional groups attached to an aromatic ring is 1. The summed E-state index contributed by atoms with van der Waals surface area (Å²) in [6.07, 6.45) is 1.44. The van der Waals surface area contributed by atoms with Crippen LogP contribution in [0.2, 0.25) is 0 Å². The summed E-state index contributed by atoms with van der Waals surface area (Å²) in [7, 11) is 0. The fourth-order valence-corrected chi connectivity index (χ4v) is 1.39. The molecule has 0 spiro atoms. The van der Waals surface area contributed by atoms with Crippen LogP contribution in [0.25, 0.3) is 0 Å². The molecule has 3 N–H and O–H groups in total. The number of nitrogens with two attached hydrogens (primary N) is 1. The van der Waals surface area contributed by atoms with Gasteiger partial charge in [0.05, 0.1) is 25.1 Å². The molecule has 1 fully saturated rings. The first-order valence-corrected chi connectivity index (χ1v) is 4.45. The van der Waals surface area contributed by atoms with E-state index in [0.717, 1.165) is 0 Å². The number of anilines is 1. The fraction of sp³-hybridized carbons (Fsp3) is 0.500. The summed E-state index contributed by atoms with van der Waals surface area (Å²) in [5.74, 6) is -0.108. The van der Waals surface area contributed by atoms with Crippen molar-refractivity contribution in [2.45, 2.75) is 0 Å². The van der Waals surface area contributed by atoms with Gasteiger partial charge in [-0.25, -0.2) is 0 Å². The topological polar surface area (TPSA) is 84.2 Å². The zero-order valence-corrected chi connectivity index (χ0v) is 7.69. The smallest absolute Gasteiger partial charge is 0.274 e. The van der Waals surface area contributed by atoms with Gasteiger partial charge in [-0.2, -0.15) is 5.10 Å². The first-order chi connectivity index (χ1) is 6.79. The molecular weight excluding hydrogens is 184 g/mol. The number of aromatic amines is 1. The van der Waals surface area contributed by atoms with Gasteiger partial charge in [-0.05, 0) is 0 Å². The Morgan fingerprint density at radius 1 is 1.57 bits per heavy atom. The Bertz CT molecular complexity index is 330. The number of ether oxygens (including phenoxy) is 1. The van der Waals surface area contributed by atoms with Crippen LogP contribution in [0.1, 0.15) is 10.5 Å². The molecule has 6 nitrogen and oxygen atoms in total. The Kier molecular flexibility index (Phi) is 2.36. The standard InChI is InChI=1S/C8H12N4O2/c9-6-5-10-11-7(6)8(13)12-1-3-14-4-2-12/h5H,1-4,9H2,(H,10,11). The van der Waals surface area contributed by atoms with Crippen molar-refractivity contribution in [2.24, 2.45) is 0 Å². The van der Waals surface area contributed by atoms with Gasteiger partial charge in [0.2, 0.25) is 0 Å². The average Bonchev–Trinajstić information content (AvgIpc) is 2.65. The molecule has 1 aliphatic heterocycles. The number of hydrogen-bond acceptors (Lipinski definition) is 4.